The summed E-state index contributed by atoms with van der Waals surface area (Å²) in [4.78, 5) is 13.0. The third-order valence-corrected chi connectivity index (χ3v) is 6.33. The second kappa shape index (κ2) is 8.17. The van der Waals surface area contributed by atoms with Crippen LogP contribution >= 0.6 is 11.8 Å². The van der Waals surface area contributed by atoms with Crippen LogP contribution in [0.15, 0.2) is 34.1 Å². The number of carbonyl (C=O) groups is 1. The van der Waals surface area contributed by atoms with Crippen LogP contribution in [0.25, 0.3) is 0 Å². The average molecular weight is 359 g/mol. The molecule has 3 N–H and O–H groups in total. The SMILES string of the molecule is CCCS(=O)(=O)c1ccccc1SC(C)C(=O)NCC(C)(C)N. The fourth-order valence-electron chi connectivity index (χ4n) is 1.89. The molecule has 0 aliphatic carbocycles. The zero-order valence-electron chi connectivity index (χ0n) is 14.1. The maximum absolute atomic E-state index is 12.3. The van der Waals surface area contributed by atoms with Crippen molar-refractivity contribution < 1.29 is 13.2 Å². The summed E-state index contributed by atoms with van der Waals surface area (Å²) in [7, 11) is -3.32. The molecule has 1 aromatic carbocycles. The highest BCUT2D eigenvalue weighted by molar-refractivity contribution is 8.01. The molecule has 0 aliphatic heterocycles. The Morgan fingerprint density at radius 3 is 2.52 bits per heavy atom. The Labute approximate surface area is 143 Å². The lowest BCUT2D eigenvalue weighted by atomic mass is 10.1. The highest BCUT2D eigenvalue weighted by Crippen LogP contribution is 2.30. The molecule has 0 bridgehead atoms. The van der Waals surface area contributed by atoms with E-state index in [1.165, 1.54) is 11.8 Å². The molecule has 0 fully saturated rings. The number of nitrogens with one attached hydrogen (secondary N) is 1. The summed E-state index contributed by atoms with van der Waals surface area (Å²) in [5, 5.41) is 2.38. The standard InChI is InChI=1S/C16H26N2O3S2/c1-5-10-23(20,21)14-9-7-6-8-13(14)22-12(2)15(19)18-11-16(3,4)17/h6-9,12H,5,10-11,17H2,1-4H3,(H,18,19). The summed E-state index contributed by atoms with van der Waals surface area (Å²) >= 11 is 1.25. The highest BCUT2D eigenvalue weighted by Gasteiger charge is 2.22. The van der Waals surface area contributed by atoms with Crippen LogP contribution in [0.2, 0.25) is 0 Å². The van der Waals surface area contributed by atoms with Crippen molar-refractivity contribution >= 4 is 27.5 Å². The molecule has 0 saturated carbocycles. The number of nitrogens with two attached hydrogens (primary N) is 1. The minimum atomic E-state index is -3.32. The summed E-state index contributed by atoms with van der Waals surface area (Å²) in [5.41, 5.74) is 5.37. The van der Waals surface area contributed by atoms with Gasteiger partial charge in [-0.2, -0.15) is 0 Å². The third-order valence-electron chi connectivity index (χ3n) is 3.05. The topological polar surface area (TPSA) is 89.3 Å². The number of rotatable bonds is 8. The zero-order valence-corrected chi connectivity index (χ0v) is 15.8. The predicted molar refractivity (Wildman–Crippen MR) is 95.4 cm³/mol. The molecule has 7 heteroatoms. The van der Waals surface area contributed by atoms with Gasteiger partial charge in [0.05, 0.1) is 15.9 Å². The third kappa shape index (κ3) is 6.53. The van der Waals surface area contributed by atoms with Gasteiger partial charge in [-0.15, -0.1) is 11.8 Å². The zero-order chi connectivity index (χ0) is 17.7. The number of hydrogen-bond donors (Lipinski definition) is 2. The van der Waals surface area contributed by atoms with Crippen LogP contribution < -0.4 is 11.1 Å². The number of benzene rings is 1. The largest absolute Gasteiger partial charge is 0.353 e. The summed E-state index contributed by atoms with van der Waals surface area (Å²) in [6, 6.07) is 6.82. The van der Waals surface area contributed by atoms with Gasteiger partial charge in [0, 0.05) is 17.0 Å². The second-order valence-corrected chi connectivity index (χ2v) is 9.69. The van der Waals surface area contributed by atoms with Gasteiger partial charge >= 0.3 is 0 Å². The number of hydrogen-bond acceptors (Lipinski definition) is 5. The number of carbonyl (C=O) groups excluding carboxylic acids is 1. The summed E-state index contributed by atoms with van der Waals surface area (Å²) in [6.07, 6.45) is 0.558. The van der Waals surface area contributed by atoms with Crippen molar-refractivity contribution in [3.63, 3.8) is 0 Å². The Balaban J connectivity index is 2.87. The summed E-state index contributed by atoms with van der Waals surface area (Å²) < 4.78 is 24.7. The maximum atomic E-state index is 12.3. The Hall–Kier alpha value is -1.05. The number of thioether (sulfide) groups is 1. The number of amides is 1. The van der Waals surface area contributed by atoms with E-state index in [0.29, 0.717) is 22.8 Å². The van der Waals surface area contributed by atoms with Gasteiger partial charge in [0.1, 0.15) is 0 Å². The van der Waals surface area contributed by atoms with Crippen LogP contribution in [0.5, 0.6) is 0 Å². The van der Waals surface area contributed by atoms with E-state index in [4.69, 9.17) is 5.73 Å². The number of sulfone groups is 1. The highest BCUT2D eigenvalue weighted by atomic mass is 32.2. The van der Waals surface area contributed by atoms with E-state index in [1.54, 1.807) is 31.2 Å². The van der Waals surface area contributed by atoms with Crippen LogP contribution in [0.1, 0.15) is 34.1 Å². The van der Waals surface area contributed by atoms with Crippen LogP contribution in [0.4, 0.5) is 0 Å². The lowest BCUT2D eigenvalue weighted by Crippen LogP contribution is -2.46. The van der Waals surface area contributed by atoms with Crippen molar-refractivity contribution in [2.45, 2.75) is 54.7 Å². The van der Waals surface area contributed by atoms with Crippen molar-refractivity contribution in [3.8, 4) is 0 Å². The minimum absolute atomic E-state index is 0.104. The average Bonchev–Trinajstić information content (AvgIpc) is 2.44. The van der Waals surface area contributed by atoms with Gasteiger partial charge in [-0.05, 0) is 39.3 Å². The van der Waals surface area contributed by atoms with E-state index in [2.05, 4.69) is 5.32 Å². The summed E-state index contributed by atoms with van der Waals surface area (Å²) in [6.45, 7) is 7.62. The Bertz CT molecular complexity index is 637. The van der Waals surface area contributed by atoms with Gasteiger partial charge in [-0.1, -0.05) is 19.1 Å². The van der Waals surface area contributed by atoms with E-state index in [-0.39, 0.29) is 11.7 Å². The summed E-state index contributed by atoms with van der Waals surface area (Å²) in [5.74, 6) is -0.0526. The molecule has 1 amide bonds. The molecule has 1 atom stereocenters. The Kier molecular flexibility index (Phi) is 7.10. The first-order valence-electron chi connectivity index (χ1n) is 7.62. The molecule has 1 unspecified atom stereocenters. The van der Waals surface area contributed by atoms with E-state index < -0.39 is 20.6 Å². The van der Waals surface area contributed by atoms with Crippen molar-refractivity contribution in [2.75, 3.05) is 12.3 Å². The maximum Gasteiger partial charge on any atom is 0.233 e. The Morgan fingerprint density at radius 2 is 1.96 bits per heavy atom. The van der Waals surface area contributed by atoms with E-state index in [1.807, 2.05) is 20.8 Å². The first kappa shape index (κ1) is 20.0. The van der Waals surface area contributed by atoms with Crippen molar-refractivity contribution in [2.24, 2.45) is 5.73 Å². The van der Waals surface area contributed by atoms with Gasteiger partial charge in [-0.3, -0.25) is 4.79 Å². The van der Waals surface area contributed by atoms with Gasteiger partial charge < -0.3 is 11.1 Å². The molecule has 1 rings (SSSR count). The Morgan fingerprint density at radius 1 is 1.35 bits per heavy atom. The molecular weight excluding hydrogens is 332 g/mol. The molecule has 5 nitrogen and oxygen atoms in total. The smallest absolute Gasteiger partial charge is 0.233 e. The van der Waals surface area contributed by atoms with Gasteiger partial charge in [0.15, 0.2) is 9.84 Å². The van der Waals surface area contributed by atoms with Crippen LogP contribution in [-0.4, -0.2) is 37.4 Å². The van der Waals surface area contributed by atoms with Crippen LogP contribution in [-0.2, 0) is 14.6 Å². The molecule has 23 heavy (non-hydrogen) atoms. The normalized spacial score (nSPS) is 13.6. The van der Waals surface area contributed by atoms with Crippen molar-refractivity contribution in [1.29, 1.82) is 0 Å². The van der Waals surface area contributed by atoms with Gasteiger partial charge in [-0.25, -0.2) is 8.42 Å². The van der Waals surface area contributed by atoms with Crippen molar-refractivity contribution in [3.05, 3.63) is 24.3 Å². The molecule has 0 saturated heterocycles. The molecule has 0 radical (unpaired) electrons. The van der Waals surface area contributed by atoms with E-state index in [9.17, 15) is 13.2 Å². The van der Waals surface area contributed by atoms with Gasteiger partial charge in [0.25, 0.3) is 0 Å². The molecule has 0 heterocycles. The van der Waals surface area contributed by atoms with Crippen molar-refractivity contribution in [1.82, 2.24) is 5.32 Å². The van der Waals surface area contributed by atoms with Crippen LogP contribution in [0.3, 0.4) is 0 Å². The monoisotopic (exact) mass is 358 g/mol. The molecule has 1 aromatic rings. The van der Waals surface area contributed by atoms with E-state index >= 15 is 0 Å². The first-order valence-corrected chi connectivity index (χ1v) is 10.1. The molecule has 0 aliphatic rings. The van der Waals surface area contributed by atoms with E-state index in [0.717, 1.165) is 0 Å². The predicted octanol–water partition coefficient (Wildman–Crippen LogP) is 2.20. The first-order chi connectivity index (χ1) is 10.6. The molecule has 0 spiro atoms. The molecule has 0 aromatic heterocycles. The second-order valence-electron chi connectivity index (χ2n) is 6.23. The molecular formula is C16H26N2O3S2. The lowest BCUT2D eigenvalue weighted by Gasteiger charge is -2.21. The van der Waals surface area contributed by atoms with Crippen LogP contribution in [0, 0.1) is 0 Å². The van der Waals surface area contributed by atoms with Gasteiger partial charge in [0.2, 0.25) is 5.91 Å². The fourth-order valence-corrected chi connectivity index (χ4v) is 4.74. The molecule has 130 valence electrons. The minimum Gasteiger partial charge on any atom is -0.353 e. The fraction of sp³-hybridized carbons (Fsp3) is 0.562. The lowest BCUT2D eigenvalue weighted by molar-refractivity contribution is -0.120. The quantitative estimate of drug-likeness (QED) is 0.696.